The van der Waals surface area contributed by atoms with Crippen LogP contribution in [0.1, 0.15) is 55.3 Å². The van der Waals surface area contributed by atoms with Crippen LogP contribution in [-0.2, 0) is 16.0 Å². The second kappa shape index (κ2) is 8.79. The van der Waals surface area contributed by atoms with Crippen molar-refractivity contribution in [3.05, 3.63) is 16.5 Å². The van der Waals surface area contributed by atoms with Gasteiger partial charge in [0.25, 0.3) is 0 Å². The molecule has 3 N–H and O–H groups in total. The Balaban J connectivity index is 2.70. The molecule has 6 heteroatoms. The summed E-state index contributed by atoms with van der Waals surface area (Å²) in [6.07, 6.45) is 2.77. The summed E-state index contributed by atoms with van der Waals surface area (Å²) >= 11 is 1.42. The number of amides is 1. The van der Waals surface area contributed by atoms with E-state index in [0.29, 0.717) is 23.6 Å². The maximum Gasteiger partial charge on any atom is 0.341 e. The van der Waals surface area contributed by atoms with Crippen molar-refractivity contribution in [1.82, 2.24) is 0 Å². The molecule has 1 atom stereocenters. The number of nitrogens with two attached hydrogens (primary N) is 1. The van der Waals surface area contributed by atoms with E-state index in [0.717, 1.165) is 24.1 Å². The van der Waals surface area contributed by atoms with Gasteiger partial charge in [0, 0.05) is 17.3 Å². The highest BCUT2D eigenvalue weighted by molar-refractivity contribution is 7.16. The fourth-order valence-corrected chi connectivity index (χ4v) is 2.84. The first-order valence-electron chi connectivity index (χ1n) is 7.33. The predicted octanol–water partition coefficient (Wildman–Crippen LogP) is 2.94. The molecule has 0 bridgehead atoms. The topological polar surface area (TPSA) is 81.4 Å². The van der Waals surface area contributed by atoms with Crippen LogP contribution in [0.4, 0.5) is 5.00 Å². The molecule has 1 amide bonds. The van der Waals surface area contributed by atoms with Crippen LogP contribution in [0.2, 0.25) is 0 Å². The van der Waals surface area contributed by atoms with Crippen molar-refractivity contribution in [2.45, 2.75) is 52.5 Å². The van der Waals surface area contributed by atoms with Crippen molar-refractivity contribution in [3.8, 4) is 0 Å². The summed E-state index contributed by atoms with van der Waals surface area (Å²) in [7, 11) is 0. The van der Waals surface area contributed by atoms with Gasteiger partial charge in [-0.3, -0.25) is 4.79 Å². The molecule has 1 aromatic heterocycles. The van der Waals surface area contributed by atoms with Crippen LogP contribution in [0.15, 0.2) is 6.07 Å². The number of carbonyl (C=O) groups excluding carboxylic acids is 2. The molecule has 0 saturated heterocycles. The molecule has 5 nitrogen and oxygen atoms in total. The van der Waals surface area contributed by atoms with Crippen LogP contribution < -0.4 is 11.1 Å². The van der Waals surface area contributed by atoms with Gasteiger partial charge in [0.2, 0.25) is 5.91 Å². The molecule has 1 heterocycles. The zero-order valence-electron chi connectivity index (χ0n) is 12.9. The van der Waals surface area contributed by atoms with Gasteiger partial charge in [0.05, 0.1) is 12.2 Å². The number of thiophene rings is 1. The van der Waals surface area contributed by atoms with E-state index in [1.54, 1.807) is 13.0 Å². The fourth-order valence-electron chi connectivity index (χ4n) is 1.84. The summed E-state index contributed by atoms with van der Waals surface area (Å²) in [5.74, 6) is -0.481. The highest BCUT2D eigenvalue weighted by Crippen LogP contribution is 2.29. The van der Waals surface area contributed by atoms with Gasteiger partial charge in [-0.15, -0.1) is 11.3 Å². The van der Waals surface area contributed by atoms with Gasteiger partial charge in [-0.05, 0) is 39.2 Å². The molecular formula is C15H24N2O3S. The molecule has 1 unspecified atom stereocenters. The van der Waals surface area contributed by atoms with Crippen LogP contribution in [0.3, 0.4) is 0 Å². The summed E-state index contributed by atoms with van der Waals surface area (Å²) < 4.78 is 5.02. The number of esters is 1. The first-order valence-corrected chi connectivity index (χ1v) is 8.14. The van der Waals surface area contributed by atoms with Gasteiger partial charge in [0.1, 0.15) is 5.00 Å². The number of anilines is 1. The Morgan fingerprint density at radius 3 is 2.71 bits per heavy atom. The quantitative estimate of drug-likeness (QED) is 0.723. The summed E-state index contributed by atoms with van der Waals surface area (Å²) in [6.45, 7) is 6.01. The number of aryl methyl sites for hydroxylation is 1. The van der Waals surface area contributed by atoms with Crippen molar-refractivity contribution in [1.29, 1.82) is 0 Å². The molecule has 118 valence electrons. The average molecular weight is 312 g/mol. The lowest BCUT2D eigenvalue weighted by molar-refractivity contribution is -0.116. The zero-order valence-corrected chi connectivity index (χ0v) is 13.7. The minimum atomic E-state index is -0.390. The third kappa shape index (κ3) is 5.85. The lowest BCUT2D eigenvalue weighted by Crippen LogP contribution is -2.17. The Kier molecular flexibility index (Phi) is 7.39. The second-order valence-corrected chi connectivity index (χ2v) is 6.08. The maximum absolute atomic E-state index is 11.9. The fraction of sp³-hybridized carbons (Fsp3) is 0.600. The number of rotatable bonds is 8. The van der Waals surface area contributed by atoms with Crippen LogP contribution in [0.25, 0.3) is 0 Å². The SMILES string of the molecule is CCOC(=O)c1cc(CC)sc1NC(=O)CCCC(C)N. The van der Waals surface area contributed by atoms with Crippen molar-refractivity contribution in [2.24, 2.45) is 5.73 Å². The van der Waals surface area contributed by atoms with Crippen molar-refractivity contribution < 1.29 is 14.3 Å². The van der Waals surface area contributed by atoms with Crippen molar-refractivity contribution in [2.75, 3.05) is 11.9 Å². The molecule has 1 rings (SSSR count). The van der Waals surface area contributed by atoms with E-state index in [-0.39, 0.29) is 17.9 Å². The first-order chi connectivity index (χ1) is 9.97. The van der Waals surface area contributed by atoms with Gasteiger partial charge in [0.15, 0.2) is 0 Å². The van der Waals surface area contributed by atoms with E-state index in [2.05, 4.69) is 5.32 Å². The number of carbonyl (C=O) groups is 2. The van der Waals surface area contributed by atoms with Crippen molar-refractivity contribution >= 4 is 28.2 Å². The highest BCUT2D eigenvalue weighted by atomic mass is 32.1. The van der Waals surface area contributed by atoms with Crippen LogP contribution in [0, 0.1) is 0 Å². The van der Waals surface area contributed by atoms with Gasteiger partial charge in [-0.1, -0.05) is 6.92 Å². The summed E-state index contributed by atoms with van der Waals surface area (Å²) in [5.41, 5.74) is 6.10. The average Bonchev–Trinajstić information content (AvgIpc) is 2.81. The monoisotopic (exact) mass is 312 g/mol. The van der Waals surface area contributed by atoms with E-state index in [4.69, 9.17) is 10.5 Å². The number of nitrogens with one attached hydrogen (secondary N) is 1. The molecule has 0 radical (unpaired) electrons. The number of ether oxygens (including phenoxy) is 1. The molecule has 0 spiro atoms. The van der Waals surface area contributed by atoms with E-state index < -0.39 is 0 Å². The van der Waals surface area contributed by atoms with Crippen LogP contribution >= 0.6 is 11.3 Å². The van der Waals surface area contributed by atoms with Gasteiger partial charge >= 0.3 is 5.97 Å². The molecule has 1 aromatic rings. The zero-order chi connectivity index (χ0) is 15.8. The number of hydrogen-bond acceptors (Lipinski definition) is 5. The summed E-state index contributed by atoms with van der Waals surface area (Å²) in [5, 5.41) is 3.40. The van der Waals surface area contributed by atoms with Gasteiger partial charge in [-0.25, -0.2) is 4.79 Å². The van der Waals surface area contributed by atoms with Crippen LogP contribution in [0.5, 0.6) is 0 Å². The first kappa shape index (κ1) is 17.7. The molecular weight excluding hydrogens is 288 g/mol. The molecule has 0 aliphatic carbocycles. The molecule has 0 aliphatic rings. The lowest BCUT2D eigenvalue weighted by atomic mass is 10.1. The van der Waals surface area contributed by atoms with Gasteiger partial charge < -0.3 is 15.8 Å². The maximum atomic E-state index is 11.9. The Morgan fingerprint density at radius 1 is 1.43 bits per heavy atom. The lowest BCUT2D eigenvalue weighted by Gasteiger charge is -2.07. The van der Waals surface area contributed by atoms with Crippen LogP contribution in [-0.4, -0.2) is 24.5 Å². The molecule has 21 heavy (non-hydrogen) atoms. The number of hydrogen-bond donors (Lipinski definition) is 2. The third-order valence-corrected chi connectivity index (χ3v) is 4.14. The Bertz CT molecular complexity index is 483. The second-order valence-electron chi connectivity index (χ2n) is 4.95. The predicted molar refractivity (Wildman–Crippen MR) is 85.8 cm³/mol. The molecule has 0 aromatic carbocycles. The smallest absolute Gasteiger partial charge is 0.341 e. The highest BCUT2D eigenvalue weighted by Gasteiger charge is 2.18. The Hall–Kier alpha value is -1.40. The largest absolute Gasteiger partial charge is 0.462 e. The Morgan fingerprint density at radius 2 is 2.14 bits per heavy atom. The van der Waals surface area contributed by atoms with E-state index in [1.807, 2.05) is 13.8 Å². The standard InChI is InChI=1S/C15H24N2O3S/c1-4-11-9-12(15(19)20-5-2)14(21-11)17-13(18)8-6-7-10(3)16/h9-10H,4-8,16H2,1-3H3,(H,17,18). The minimum absolute atomic E-state index is 0.0919. The third-order valence-electron chi connectivity index (χ3n) is 2.94. The van der Waals surface area contributed by atoms with E-state index in [9.17, 15) is 9.59 Å². The van der Waals surface area contributed by atoms with E-state index in [1.165, 1.54) is 11.3 Å². The molecule has 0 aliphatic heterocycles. The van der Waals surface area contributed by atoms with E-state index >= 15 is 0 Å². The molecule has 0 saturated carbocycles. The van der Waals surface area contributed by atoms with Crippen molar-refractivity contribution in [3.63, 3.8) is 0 Å². The van der Waals surface area contributed by atoms with Gasteiger partial charge in [-0.2, -0.15) is 0 Å². The molecule has 0 fully saturated rings. The minimum Gasteiger partial charge on any atom is -0.462 e. The summed E-state index contributed by atoms with van der Waals surface area (Å²) in [4.78, 5) is 24.9. The summed E-state index contributed by atoms with van der Waals surface area (Å²) in [6, 6.07) is 1.89. The Labute approximate surface area is 129 Å². The normalized spacial score (nSPS) is 12.0.